The molecule has 2 aromatic rings. The number of nitrogens with zero attached hydrogens (tertiary/aromatic N) is 2. The Hall–Kier alpha value is -1.85. The zero-order valence-corrected chi connectivity index (χ0v) is 5.91. The lowest BCUT2D eigenvalue weighted by Crippen LogP contribution is -2.15. The van der Waals surface area contributed by atoms with Crippen molar-refractivity contribution in [1.29, 1.82) is 0 Å². The molecule has 0 aromatic carbocycles. The van der Waals surface area contributed by atoms with Crippen molar-refractivity contribution in [2.24, 2.45) is 0 Å². The Morgan fingerprint density at radius 2 is 2.33 bits per heavy atom. The smallest absolute Gasteiger partial charge is 0.276 e. The molecule has 0 saturated heterocycles. The Morgan fingerprint density at radius 3 is 3.08 bits per heavy atom. The van der Waals surface area contributed by atoms with E-state index in [1.54, 1.807) is 0 Å². The molecule has 0 radical (unpaired) electrons. The molecule has 2 rings (SSSR count). The quantitative estimate of drug-likeness (QED) is 0.569. The summed E-state index contributed by atoms with van der Waals surface area (Å²) in [6.07, 6.45) is 0. The largest absolute Gasteiger partial charge is 0.368 e. The van der Waals surface area contributed by atoms with E-state index < -0.39 is 11.5 Å². The van der Waals surface area contributed by atoms with E-state index >= 15 is 0 Å². The van der Waals surface area contributed by atoms with E-state index in [4.69, 9.17) is 5.73 Å². The van der Waals surface area contributed by atoms with Crippen LogP contribution >= 0.6 is 0 Å². The van der Waals surface area contributed by atoms with Gasteiger partial charge in [-0.1, -0.05) is 0 Å². The van der Waals surface area contributed by atoms with Crippen molar-refractivity contribution in [2.75, 3.05) is 5.73 Å². The molecule has 0 bridgehead atoms. The van der Waals surface area contributed by atoms with Crippen LogP contribution in [-0.2, 0) is 0 Å². The van der Waals surface area contributed by atoms with Gasteiger partial charge in [0.25, 0.3) is 5.56 Å². The monoisotopic (exact) mass is 168 g/mol. The molecule has 6 heteroatoms. The molecule has 2 heterocycles. The van der Waals surface area contributed by atoms with Gasteiger partial charge >= 0.3 is 0 Å². The van der Waals surface area contributed by atoms with Gasteiger partial charge in [-0.3, -0.25) is 9.78 Å². The zero-order valence-electron chi connectivity index (χ0n) is 5.91. The zero-order chi connectivity index (χ0) is 8.72. The molecule has 62 valence electrons. The molecule has 0 spiro atoms. The number of H-pyrrole nitrogens is 1. The fraction of sp³-hybridized carbons (Fsp3) is 0. The Morgan fingerprint density at radius 1 is 1.58 bits per heavy atom. The minimum Gasteiger partial charge on any atom is -0.368 e. The van der Waals surface area contributed by atoms with Gasteiger partial charge in [0.15, 0.2) is 0 Å². The van der Waals surface area contributed by atoms with Gasteiger partial charge in [-0.2, -0.15) is 8.91 Å². The molecule has 12 heavy (non-hydrogen) atoms. The third-order valence-corrected chi connectivity index (χ3v) is 1.49. The molecule has 0 fully saturated rings. The van der Waals surface area contributed by atoms with E-state index in [1.807, 2.05) is 0 Å². The second-order valence-corrected chi connectivity index (χ2v) is 2.29. The Bertz CT molecular complexity index is 486. The molecular formula is C6H5FN4O. The maximum atomic E-state index is 12.8. The maximum Gasteiger partial charge on any atom is 0.276 e. The minimum absolute atomic E-state index is 0.109. The summed E-state index contributed by atoms with van der Waals surface area (Å²) in [7, 11) is 0. The summed E-state index contributed by atoms with van der Waals surface area (Å²) < 4.78 is 13.7. The van der Waals surface area contributed by atoms with Crippen LogP contribution in [0.15, 0.2) is 16.9 Å². The molecule has 2 aromatic heterocycles. The average molecular weight is 168 g/mol. The molecule has 0 atom stereocenters. The standard InChI is InChI=1S/C6H5FN4O/c7-4-2-1-3-5(12)9-6(8)10-11(3)4/h1-2H,(H3,8,9,10,12). The van der Waals surface area contributed by atoms with Crippen LogP contribution in [-0.4, -0.2) is 14.6 Å². The highest BCUT2D eigenvalue weighted by molar-refractivity contribution is 5.45. The molecule has 0 amide bonds. The van der Waals surface area contributed by atoms with Gasteiger partial charge < -0.3 is 5.73 Å². The first kappa shape index (κ1) is 6.84. The van der Waals surface area contributed by atoms with Gasteiger partial charge in [-0.05, 0) is 12.1 Å². The van der Waals surface area contributed by atoms with Crippen LogP contribution in [0.2, 0.25) is 0 Å². The Balaban J connectivity index is 3.03. The molecular weight excluding hydrogens is 163 g/mol. The van der Waals surface area contributed by atoms with E-state index in [-0.39, 0.29) is 11.5 Å². The Kier molecular flexibility index (Phi) is 1.18. The number of nitrogen functional groups attached to an aromatic ring is 1. The first-order chi connectivity index (χ1) is 5.68. The first-order valence-corrected chi connectivity index (χ1v) is 3.21. The van der Waals surface area contributed by atoms with Crippen LogP contribution < -0.4 is 11.3 Å². The van der Waals surface area contributed by atoms with E-state index in [0.717, 1.165) is 10.6 Å². The highest BCUT2D eigenvalue weighted by Gasteiger charge is 2.05. The third kappa shape index (κ3) is 0.777. The number of anilines is 1. The number of rotatable bonds is 0. The normalized spacial score (nSPS) is 10.8. The fourth-order valence-electron chi connectivity index (χ4n) is 0.991. The predicted octanol–water partition coefficient (Wildman–Crippen LogP) is -0.256. The topological polar surface area (TPSA) is 76.2 Å². The van der Waals surface area contributed by atoms with Crippen LogP contribution in [0.3, 0.4) is 0 Å². The number of fused-ring (bicyclic) bond motifs is 1. The molecule has 3 N–H and O–H groups in total. The van der Waals surface area contributed by atoms with E-state index in [9.17, 15) is 9.18 Å². The summed E-state index contributed by atoms with van der Waals surface area (Å²) in [5, 5.41) is 3.56. The number of aromatic nitrogens is 3. The summed E-state index contributed by atoms with van der Waals surface area (Å²) in [4.78, 5) is 13.3. The van der Waals surface area contributed by atoms with Crippen molar-refractivity contribution < 1.29 is 4.39 Å². The lowest BCUT2D eigenvalue weighted by Gasteiger charge is -1.94. The lowest BCUT2D eigenvalue weighted by atomic mass is 10.5. The molecule has 0 saturated carbocycles. The second-order valence-electron chi connectivity index (χ2n) is 2.29. The van der Waals surface area contributed by atoms with Crippen LogP contribution in [0.25, 0.3) is 5.52 Å². The number of halogens is 1. The van der Waals surface area contributed by atoms with Gasteiger partial charge in [0, 0.05) is 0 Å². The molecule has 0 aliphatic carbocycles. The average Bonchev–Trinajstić information content (AvgIpc) is 2.33. The van der Waals surface area contributed by atoms with Gasteiger partial charge in [0.1, 0.15) is 5.52 Å². The third-order valence-electron chi connectivity index (χ3n) is 1.49. The summed E-state index contributed by atoms with van der Waals surface area (Å²) in [6.45, 7) is 0. The van der Waals surface area contributed by atoms with Gasteiger partial charge in [0.05, 0.1) is 0 Å². The van der Waals surface area contributed by atoms with E-state index in [1.165, 1.54) is 6.07 Å². The van der Waals surface area contributed by atoms with Crippen molar-refractivity contribution in [1.82, 2.24) is 14.6 Å². The molecule has 0 aliphatic rings. The van der Waals surface area contributed by atoms with Crippen molar-refractivity contribution in [3.05, 3.63) is 28.4 Å². The van der Waals surface area contributed by atoms with E-state index in [2.05, 4.69) is 10.1 Å². The van der Waals surface area contributed by atoms with Crippen molar-refractivity contribution in [3.8, 4) is 0 Å². The second kappa shape index (κ2) is 2.07. The van der Waals surface area contributed by atoms with Crippen LogP contribution in [0, 0.1) is 5.95 Å². The first-order valence-electron chi connectivity index (χ1n) is 3.21. The van der Waals surface area contributed by atoms with Crippen molar-refractivity contribution >= 4 is 11.5 Å². The minimum atomic E-state index is -0.609. The number of aromatic amines is 1. The SMILES string of the molecule is Nc1nn2c(F)ccc2c(=O)[nH]1. The highest BCUT2D eigenvalue weighted by atomic mass is 19.1. The summed E-state index contributed by atoms with van der Waals surface area (Å²) in [5.41, 5.74) is 4.89. The predicted molar refractivity (Wildman–Crippen MR) is 40.2 cm³/mol. The van der Waals surface area contributed by atoms with Crippen LogP contribution in [0.4, 0.5) is 10.3 Å². The summed E-state index contributed by atoms with van der Waals surface area (Å²) in [6, 6.07) is 2.48. The van der Waals surface area contributed by atoms with Gasteiger partial charge in [-0.15, -0.1) is 5.10 Å². The van der Waals surface area contributed by atoms with Gasteiger partial charge in [-0.25, -0.2) is 0 Å². The number of nitrogens with one attached hydrogen (secondary N) is 1. The van der Waals surface area contributed by atoms with Gasteiger partial charge in [0.2, 0.25) is 11.9 Å². The summed E-state index contributed by atoms with van der Waals surface area (Å²) >= 11 is 0. The summed E-state index contributed by atoms with van der Waals surface area (Å²) in [5.74, 6) is -0.717. The molecule has 5 nitrogen and oxygen atoms in total. The number of nitrogens with two attached hydrogens (primary N) is 1. The lowest BCUT2D eigenvalue weighted by molar-refractivity contribution is 0.548. The Labute approximate surface area is 65.6 Å². The van der Waals surface area contributed by atoms with Crippen LogP contribution in [0.1, 0.15) is 0 Å². The number of hydrogen-bond donors (Lipinski definition) is 2. The maximum absolute atomic E-state index is 12.8. The van der Waals surface area contributed by atoms with Crippen molar-refractivity contribution in [3.63, 3.8) is 0 Å². The number of hydrogen-bond acceptors (Lipinski definition) is 3. The molecule has 0 unspecified atom stereocenters. The molecule has 0 aliphatic heterocycles. The van der Waals surface area contributed by atoms with Crippen LogP contribution in [0.5, 0.6) is 0 Å². The fourth-order valence-corrected chi connectivity index (χ4v) is 0.991. The highest BCUT2D eigenvalue weighted by Crippen LogP contribution is 2.01. The van der Waals surface area contributed by atoms with Crippen molar-refractivity contribution in [2.45, 2.75) is 0 Å². The van der Waals surface area contributed by atoms with E-state index in [0.29, 0.717) is 0 Å².